The molecule has 6 rings (SSSR count). The molecule has 6 aromatic rings. The fraction of sp³-hybridized carbons (Fsp3) is 0.125. The zero-order chi connectivity index (χ0) is 34.4. The van der Waals surface area contributed by atoms with Gasteiger partial charge in [-0.15, -0.1) is 0 Å². The number of ether oxygens (including phenoxy) is 6. The number of nitrogens with two attached hydrogens (primary N) is 1. The van der Waals surface area contributed by atoms with Gasteiger partial charge in [0.1, 0.15) is 29.9 Å². The summed E-state index contributed by atoms with van der Waals surface area (Å²) >= 11 is 0. The number of benzene rings is 4. The predicted molar refractivity (Wildman–Crippen MR) is 173 cm³/mol. The minimum atomic E-state index is -0.700. The molecule has 2 heterocycles. The highest BCUT2D eigenvalue weighted by Crippen LogP contribution is 2.38. The van der Waals surface area contributed by atoms with Crippen LogP contribution in [0.15, 0.2) is 73.3 Å². The summed E-state index contributed by atoms with van der Waals surface area (Å²) in [6.07, 6.45) is 2.70. The van der Waals surface area contributed by atoms with Crippen molar-refractivity contribution in [3.63, 3.8) is 0 Å². The topological polar surface area (TPSA) is 217 Å². The van der Waals surface area contributed by atoms with Crippen molar-refractivity contribution in [2.45, 2.75) is 0 Å². The number of aromatic hydroxyl groups is 2. The molecule has 2 aromatic heterocycles. The summed E-state index contributed by atoms with van der Waals surface area (Å²) in [6, 6.07) is 15.1. The van der Waals surface area contributed by atoms with Crippen LogP contribution in [0, 0.1) is 10.1 Å². The Morgan fingerprint density at radius 2 is 1.06 bits per heavy atom. The van der Waals surface area contributed by atoms with Crippen molar-refractivity contribution in [3.8, 4) is 57.8 Å². The molecule has 0 bridgehead atoms. The molecule has 0 unspecified atom stereocenters. The molecule has 0 fully saturated rings. The maximum Gasteiger partial charge on any atom is 0.314 e. The fourth-order valence-corrected chi connectivity index (χ4v) is 4.41. The van der Waals surface area contributed by atoms with Gasteiger partial charge in [-0.25, -0.2) is 19.9 Å². The molecule has 0 radical (unpaired) electrons. The summed E-state index contributed by atoms with van der Waals surface area (Å²) in [7, 11) is 6.12. The summed E-state index contributed by atoms with van der Waals surface area (Å²) in [6.45, 7) is 0. The Kier molecular flexibility index (Phi) is 9.54. The van der Waals surface area contributed by atoms with Crippen LogP contribution >= 0.6 is 0 Å². The molecule has 246 valence electrons. The molecular weight excluding hydrogens is 628 g/mol. The minimum absolute atomic E-state index is 0.00342. The van der Waals surface area contributed by atoms with Crippen LogP contribution in [0.2, 0.25) is 0 Å². The van der Waals surface area contributed by atoms with Crippen molar-refractivity contribution >= 4 is 33.2 Å². The number of fused-ring (bicyclic) bond motifs is 2. The zero-order valence-corrected chi connectivity index (χ0v) is 25.9. The van der Waals surface area contributed by atoms with Crippen LogP contribution < -0.4 is 34.2 Å². The van der Waals surface area contributed by atoms with Gasteiger partial charge in [-0.05, 0) is 36.4 Å². The average Bonchev–Trinajstić information content (AvgIpc) is 3.09. The highest BCUT2D eigenvalue weighted by Gasteiger charge is 2.17. The third-order valence-corrected chi connectivity index (χ3v) is 6.78. The quantitative estimate of drug-likeness (QED) is 0.0727. The van der Waals surface area contributed by atoms with Crippen molar-refractivity contribution < 1.29 is 43.6 Å². The smallest absolute Gasteiger partial charge is 0.314 e. The second-order valence-electron chi connectivity index (χ2n) is 9.64. The largest absolute Gasteiger partial charge is 0.506 e. The van der Waals surface area contributed by atoms with Crippen LogP contribution in [0.5, 0.6) is 57.8 Å². The molecule has 16 heteroatoms. The Morgan fingerprint density at radius 3 is 1.50 bits per heavy atom. The molecule has 4 aromatic carbocycles. The lowest BCUT2D eigenvalue weighted by Gasteiger charge is -2.11. The van der Waals surface area contributed by atoms with Gasteiger partial charge in [0.15, 0.2) is 28.7 Å². The van der Waals surface area contributed by atoms with Gasteiger partial charge in [0.2, 0.25) is 11.8 Å². The number of methoxy groups -OCH3 is 4. The molecule has 0 saturated carbocycles. The Bertz CT molecular complexity index is 2130. The van der Waals surface area contributed by atoms with E-state index in [2.05, 4.69) is 19.9 Å². The number of nitrogen functional groups attached to an aromatic ring is 1. The van der Waals surface area contributed by atoms with Gasteiger partial charge in [-0.1, -0.05) is 0 Å². The lowest BCUT2D eigenvalue weighted by atomic mass is 10.2. The molecule has 0 atom stereocenters. The first-order valence-corrected chi connectivity index (χ1v) is 13.8. The van der Waals surface area contributed by atoms with Gasteiger partial charge in [0.05, 0.1) is 66.9 Å². The minimum Gasteiger partial charge on any atom is -0.506 e. The van der Waals surface area contributed by atoms with Crippen LogP contribution in [-0.2, 0) is 0 Å². The Balaban J connectivity index is 0.000000188. The first kappa shape index (κ1) is 32.6. The number of nitro groups is 1. The van der Waals surface area contributed by atoms with Crippen LogP contribution in [0.3, 0.4) is 0 Å². The summed E-state index contributed by atoms with van der Waals surface area (Å²) in [5.74, 6) is 2.77. The maximum atomic E-state index is 10.9. The molecule has 0 saturated heterocycles. The van der Waals surface area contributed by atoms with Crippen LogP contribution in [0.4, 0.5) is 11.4 Å². The van der Waals surface area contributed by atoms with E-state index in [4.69, 9.17) is 34.2 Å². The van der Waals surface area contributed by atoms with Crippen molar-refractivity contribution in [2.24, 2.45) is 0 Å². The lowest BCUT2D eigenvalue weighted by molar-refractivity contribution is -0.385. The Hall–Kier alpha value is -6.84. The molecular formula is C32H28N6O10. The van der Waals surface area contributed by atoms with Crippen molar-refractivity contribution in [3.05, 3.63) is 83.4 Å². The van der Waals surface area contributed by atoms with Gasteiger partial charge >= 0.3 is 5.69 Å². The number of anilines is 1. The van der Waals surface area contributed by atoms with Gasteiger partial charge in [-0.3, -0.25) is 10.1 Å². The lowest BCUT2D eigenvalue weighted by Crippen LogP contribution is -1.96. The number of nitro benzene ring substituents is 1. The van der Waals surface area contributed by atoms with Gasteiger partial charge in [0.25, 0.3) is 0 Å². The second-order valence-corrected chi connectivity index (χ2v) is 9.64. The summed E-state index contributed by atoms with van der Waals surface area (Å²) in [5, 5.41) is 31.1. The third-order valence-electron chi connectivity index (χ3n) is 6.78. The average molecular weight is 657 g/mol. The van der Waals surface area contributed by atoms with Crippen molar-refractivity contribution in [1.29, 1.82) is 0 Å². The SMILES string of the molecule is COc1cc2ncnc(Oc3ccc(O)c(N)c3)c2cc1OC.COc1cc2ncnc(Oc3ccc(O)c([N+](=O)[O-])c3)c2cc1OC. The molecule has 0 aliphatic heterocycles. The molecule has 48 heavy (non-hydrogen) atoms. The van der Waals surface area contributed by atoms with Crippen LogP contribution in [0.25, 0.3) is 21.8 Å². The van der Waals surface area contributed by atoms with Crippen molar-refractivity contribution in [2.75, 3.05) is 34.2 Å². The standard InChI is InChI=1S/C16H13N3O6.C16H15N3O4/c1-23-14-6-10-11(7-15(14)24-2)17-8-18-16(10)25-9-3-4-13(20)12(5-9)19(21)22;1-21-14-6-10-12(7-15(14)22-2)18-8-19-16(10)23-9-3-4-13(20)11(17)5-9/h3-8,20H,1-2H3;3-8,20H,17H2,1-2H3. The summed E-state index contributed by atoms with van der Waals surface area (Å²) in [5.41, 5.74) is 6.63. The highest BCUT2D eigenvalue weighted by molar-refractivity contribution is 5.88. The fourth-order valence-electron chi connectivity index (χ4n) is 4.41. The first-order chi connectivity index (χ1) is 23.1. The van der Waals surface area contributed by atoms with E-state index in [0.29, 0.717) is 56.4 Å². The number of hydrogen-bond acceptors (Lipinski definition) is 15. The first-order valence-electron chi connectivity index (χ1n) is 13.8. The van der Waals surface area contributed by atoms with E-state index < -0.39 is 16.4 Å². The zero-order valence-electron chi connectivity index (χ0n) is 25.9. The molecule has 0 spiro atoms. The Labute approximate surface area is 272 Å². The molecule has 0 aliphatic carbocycles. The Morgan fingerprint density at radius 1 is 0.625 bits per heavy atom. The maximum absolute atomic E-state index is 10.9. The monoisotopic (exact) mass is 656 g/mol. The normalized spacial score (nSPS) is 10.5. The highest BCUT2D eigenvalue weighted by atomic mass is 16.6. The molecule has 16 nitrogen and oxygen atoms in total. The van der Waals surface area contributed by atoms with Crippen molar-refractivity contribution in [1.82, 2.24) is 19.9 Å². The molecule has 0 aliphatic rings. The van der Waals surface area contributed by atoms with E-state index >= 15 is 0 Å². The summed E-state index contributed by atoms with van der Waals surface area (Å²) in [4.78, 5) is 26.8. The molecule has 4 N–H and O–H groups in total. The second kappa shape index (κ2) is 14.1. The van der Waals surface area contributed by atoms with Gasteiger partial charge in [0, 0.05) is 18.2 Å². The van der Waals surface area contributed by atoms with Crippen LogP contribution in [-0.4, -0.2) is 63.5 Å². The number of hydrogen-bond donors (Lipinski definition) is 3. The van der Waals surface area contributed by atoms with E-state index in [0.717, 1.165) is 6.07 Å². The van der Waals surface area contributed by atoms with E-state index in [1.165, 1.54) is 51.1 Å². The van der Waals surface area contributed by atoms with Crippen LogP contribution in [0.1, 0.15) is 0 Å². The number of rotatable bonds is 9. The number of phenols is 2. The van der Waals surface area contributed by atoms with Gasteiger partial charge in [-0.2, -0.15) is 0 Å². The van der Waals surface area contributed by atoms with E-state index in [1.807, 2.05) is 0 Å². The number of phenolic OH excluding ortho intramolecular Hbond substituents is 2. The van der Waals surface area contributed by atoms with E-state index in [1.54, 1.807) is 44.6 Å². The number of nitrogens with zero attached hydrogens (tertiary/aromatic N) is 5. The summed E-state index contributed by atoms with van der Waals surface area (Å²) < 4.78 is 32.5. The van der Waals surface area contributed by atoms with E-state index in [-0.39, 0.29) is 23.1 Å². The number of aromatic nitrogens is 4. The molecule has 0 amide bonds. The predicted octanol–water partition coefficient (Wildman–Crippen LogP) is 5.78. The van der Waals surface area contributed by atoms with Gasteiger partial charge < -0.3 is 44.4 Å². The third kappa shape index (κ3) is 6.86. The van der Waals surface area contributed by atoms with E-state index in [9.17, 15) is 20.3 Å².